The summed E-state index contributed by atoms with van der Waals surface area (Å²) >= 11 is 0. The van der Waals surface area contributed by atoms with Crippen molar-refractivity contribution in [2.75, 3.05) is 11.9 Å². The van der Waals surface area contributed by atoms with Crippen LogP contribution in [0.25, 0.3) is 0 Å². The number of rotatable bonds is 6. The van der Waals surface area contributed by atoms with E-state index in [0.29, 0.717) is 5.92 Å². The lowest BCUT2D eigenvalue weighted by molar-refractivity contribution is -0.121. The summed E-state index contributed by atoms with van der Waals surface area (Å²) in [6.07, 6.45) is 1.02. The second-order valence-electron chi connectivity index (χ2n) is 5.21. The minimum absolute atomic E-state index is 0.0529. The van der Waals surface area contributed by atoms with Crippen molar-refractivity contribution in [3.63, 3.8) is 0 Å². The van der Waals surface area contributed by atoms with Crippen LogP contribution in [0.5, 0.6) is 0 Å². The third-order valence-corrected chi connectivity index (χ3v) is 2.82. The number of aryl methyl sites for hydroxylation is 1. The smallest absolute Gasteiger partial charge is 0.242 e. The van der Waals surface area contributed by atoms with Gasteiger partial charge in [0.25, 0.3) is 0 Å². The summed E-state index contributed by atoms with van der Waals surface area (Å²) in [6, 6.07) is 7.83. The van der Waals surface area contributed by atoms with Crippen LogP contribution < -0.4 is 10.6 Å². The maximum absolute atomic E-state index is 11.8. The van der Waals surface area contributed by atoms with Gasteiger partial charge < -0.3 is 10.6 Å². The van der Waals surface area contributed by atoms with Gasteiger partial charge in [-0.2, -0.15) is 0 Å². The molecule has 1 aromatic rings. The number of hydrogen-bond donors (Lipinski definition) is 2. The number of amides is 1. The van der Waals surface area contributed by atoms with Gasteiger partial charge >= 0.3 is 0 Å². The highest BCUT2D eigenvalue weighted by molar-refractivity contribution is 5.84. The number of benzene rings is 1. The molecule has 1 unspecified atom stereocenters. The topological polar surface area (TPSA) is 41.1 Å². The van der Waals surface area contributed by atoms with Gasteiger partial charge in [0.1, 0.15) is 6.04 Å². The fourth-order valence-electron chi connectivity index (χ4n) is 1.69. The first-order valence-corrected chi connectivity index (χ1v) is 6.60. The SMILES string of the molecule is Cc1cccc(NC(C)C(=O)NCCC(C)C)c1. The average molecular weight is 248 g/mol. The van der Waals surface area contributed by atoms with Gasteiger partial charge in [-0.3, -0.25) is 4.79 Å². The van der Waals surface area contributed by atoms with Crippen LogP contribution in [0.4, 0.5) is 5.69 Å². The fraction of sp³-hybridized carbons (Fsp3) is 0.533. The highest BCUT2D eigenvalue weighted by atomic mass is 16.2. The molecule has 0 saturated heterocycles. The van der Waals surface area contributed by atoms with Gasteiger partial charge in [-0.1, -0.05) is 26.0 Å². The molecule has 1 amide bonds. The fourth-order valence-corrected chi connectivity index (χ4v) is 1.69. The molecule has 0 saturated carbocycles. The van der Waals surface area contributed by atoms with Crippen LogP contribution in [-0.2, 0) is 4.79 Å². The number of anilines is 1. The molecule has 0 aliphatic heterocycles. The van der Waals surface area contributed by atoms with Crippen molar-refractivity contribution < 1.29 is 4.79 Å². The lowest BCUT2D eigenvalue weighted by Gasteiger charge is -2.16. The summed E-state index contributed by atoms with van der Waals surface area (Å²) in [5.41, 5.74) is 2.17. The molecular formula is C15H24N2O. The van der Waals surface area contributed by atoms with E-state index in [9.17, 15) is 4.79 Å². The minimum atomic E-state index is -0.209. The Morgan fingerprint density at radius 1 is 1.28 bits per heavy atom. The molecule has 3 heteroatoms. The molecule has 0 aliphatic rings. The second kappa shape index (κ2) is 7.04. The summed E-state index contributed by atoms with van der Waals surface area (Å²) < 4.78 is 0. The van der Waals surface area contributed by atoms with E-state index in [4.69, 9.17) is 0 Å². The van der Waals surface area contributed by atoms with Gasteiger partial charge in [-0.15, -0.1) is 0 Å². The molecule has 2 N–H and O–H groups in total. The molecule has 100 valence electrons. The zero-order chi connectivity index (χ0) is 13.5. The Bertz CT molecular complexity index is 388. The molecular weight excluding hydrogens is 224 g/mol. The molecule has 0 aromatic heterocycles. The van der Waals surface area contributed by atoms with Gasteiger partial charge in [-0.25, -0.2) is 0 Å². The maximum atomic E-state index is 11.8. The first-order valence-electron chi connectivity index (χ1n) is 6.60. The Kier molecular flexibility index (Phi) is 5.69. The first kappa shape index (κ1) is 14.6. The quantitative estimate of drug-likeness (QED) is 0.812. The van der Waals surface area contributed by atoms with Crippen LogP contribution in [0.1, 0.15) is 32.8 Å². The Hall–Kier alpha value is -1.51. The van der Waals surface area contributed by atoms with Crippen molar-refractivity contribution in [1.29, 1.82) is 0 Å². The predicted octanol–water partition coefficient (Wildman–Crippen LogP) is 2.96. The van der Waals surface area contributed by atoms with Gasteiger partial charge in [0.15, 0.2) is 0 Å². The van der Waals surface area contributed by atoms with E-state index < -0.39 is 0 Å². The summed E-state index contributed by atoms with van der Waals surface area (Å²) in [4.78, 5) is 11.8. The van der Waals surface area contributed by atoms with Crippen LogP contribution in [0.3, 0.4) is 0 Å². The standard InChI is InChI=1S/C15H24N2O/c1-11(2)8-9-16-15(18)13(4)17-14-7-5-6-12(3)10-14/h5-7,10-11,13,17H,8-9H2,1-4H3,(H,16,18). The zero-order valence-corrected chi connectivity index (χ0v) is 11.8. The molecule has 3 nitrogen and oxygen atoms in total. The van der Waals surface area contributed by atoms with E-state index in [1.165, 1.54) is 5.56 Å². The highest BCUT2D eigenvalue weighted by Gasteiger charge is 2.11. The largest absolute Gasteiger partial charge is 0.374 e. The third kappa shape index (κ3) is 5.21. The molecule has 1 aromatic carbocycles. The lowest BCUT2D eigenvalue weighted by atomic mass is 10.1. The van der Waals surface area contributed by atoms with Crippen molar-refractivity contribution in [2.24, 2.45) is 5.92 Å². The van der Waals surface area contributed by atoms with Gasteiger partial charge in [0, 0.05) is 12.2 Å². The highest BCUT2D eigenvalue weighted by Crippen LogP contribution is 2.10. The molecule has 0 fully saturated rings. The van der Waals surface area contributed by atoms with E-state index in [1.807, 2.05) is 38.1 Å². The molecule has 0 spiro atoms. The maximum Gasteiger partial charge on any atom is 0.242 e. The van der Waals surface area contributed by atoms with E-state index in [2.05, 4.69) is 24.5 Å². The number of nitrogens with one attached hydrogen (secondary N) is 2. The Labute approximate surface area is 110 Å². The number of hydrogen-bond acceptors (Lipinski definition) is 2. The second-order valence-corrected chi connectivity index (χ2v) is 5.21. The van der Waals surface area contributed by atoms with Crippen molar-refractivity contribution in [3.05, 3.63) is 29.8 Å². The molecule has 0 bridgehead atoms. The predicted molar refractivity (Wildman–Crippen MR) is 76.7 cm³/mol. The van der Waals surface area contributed by atoms with Crippen LogP contribution >= 0.6 is 0 Å². The summed E-state index contributed by atoms with van der Waals surface area (Å²) in [5, 5.41) is 6.16. The van der Waals surface area contributed by atoms with E-state index >= 15 is 0 Å². The van der Waals surface area contributed by atoms with E-state index in [0.717, 1.165) is 18.7 Å². The Morgan fingerprint density at radius 3 is 2.61 bits per heavy atom. The molecule has 0 radical (unpaired) electrons. The van der Waals surface area contributed by atoms with Crippen LogP contribution in [0.15, 0.2) is 24.3 Å². The monoisotopic (exact) mass is 248 g/mol. The minimum Gasteiger partial charge on any atom is -0.374 e. The zero-order valence-electron chi connectivity index (χ0n) is 11.8. The van der Waals surface area contributed by atoms with Crippen LogP contribution in [0.2, 0.25) is 0 Å². The Morgan fingerprint density at radius 2 is 2.00 bits per heavy atom. The van der Waals surface area contributed by atoms with Gasteiger partial charge in [-0.05, 0) is 43.9 Å². The van der Waals surface area contributed by atoms with Crippen LogP contribution in [-0.4, -0.2) is 18.5 Å². The van der Waals surface area contributed by atoms with Gasteiger partial charge in [0.2, 0.25) is 5.91 Å². The van der Waals surface area contributed by atoms with Crippen LogP contribution in [0, 0.1) is 12.8 Å². The number of carbonyl (C=O) groups excluding carboxylic acids is 1. The summed E-state index contributed by atoms with van der Waals surface area (Å²) in [7, 11) is 0. The lowest BCUT2D eigenvalue weighted by Crippen LogP contribution is -2.38. The van der Waals surface area contributed by atoms with Crippen molar-refractivity contribution in [3.8, 4) is 0 Å². The van der Waals surface area contributed by atoms with Gasteiger partial charge in [0.05, 0.1) is 0 Å². The third-order valence-electron chi connectivity index (χ3n) is 2.82. The molecule has 0 heterocycles. The molecule has 1 atom stereocenters. The van der Waals surface area contributed by atoms with Crippen molar-refractivity contribution >= 4 is 11.6 Å². The molecule has 1 rings (SSSR count). The molecule has 18 heavy (non-hydrogen) atoms. The first-order chi connectivity index (χ1) is 8.49. The number of carbonyl (C=O) groups is 1. The molecule has 0 aliphatic carbocycles. The summed E-state index contributed by atoms with van der Waals surface area (Å²) in [6.45, 7) is 8.98. The summed E-state index contributed by atoms with van der Waals surface area (Å²) in [5.74, 6) is 0.669. The van der Waals surface area contributed by atoms with Crippen molar-refractivity contribution in [1.82, 2.24) is 5.32 Å². The Balaban J connectivity index is 2.40. The average Bonchev–Trinajstić information content (AvgIpc) is 2.28. The van der Waals surface area contributed by atoms with Crippen molar-refractivity contribution in [2.45, 2.75) is 40.2 Å². The van der Waals surface area contributed by atoms with E-state index in [-0.39, 0.29) is 11.9 Å². The van der Waals surface area contributed by atoms with E-state index in [1.54, 1.807) is 0 Å². The normalized spacial score (nSPS) is 12.3.